The van der Waals surface area contributed by atoms with Gasteiger partial charge in [-0.25, -0.2) is 4.98 Å². The molecular formula is C26H33N5O3. The highest BCUT2D eigenvalue weighted by molar-refractivity contribution is 5.97. The number of amides is 2. The van der Waals surface area contributed by atoms with Crippen molar-refractivity contribution in [2.45, 2.75) is 25.3 Å². The van der Waals surface area contributed by atoms with Crippen LogP contribution in [0.2, 0.25) is 0 Å². The van der Waals surface area contributed by atoms with Crippen LogP contribution in [0, 0.1) is 5.92 Å². The van der Waals surface area contributed by atoms with Gasteiger partial charge in [0.1, 0.15) is 11.6 Å². The molecule has 0 bridgehead atoms. The molecule has 2 aromatic carbocycles. The van der Waals surface area contributed by atoms with E-state index >= 15 is 0 Å². The van der Waals surface area contributed by atoms with E-state index in [0.29, 0.717) is 5.56 Å². The number of hydrogen-bond donors (Lipinski definition) is 1. The van der Waals surface area contributed by atoms with Crippen LogP contribution in [0.25, 0.3) is 22.4 Å². The second kappa shape index (κ2) is 9.85. The molecule has 0 radical (unpaired) electrons. The van der Waals surface area contributed by atoms with Crippen LogP contribution in [-0.2, 0) is 4.79 Å². The lowest BCUT2D eigenvalue weighted by molar-refractivity contribution is -0.138. The Labute approximate surface area is 200 Å². The number of imidazole rings is 1. The van der Waals surface area contributed by atoms with E-state index in [1.807, 2.05) is 56.4 Å². The van der Waals surface area contributed by atoms with Crippen LogP contribution in [0.4, 0.5) is 0 Å². The van der Waals surface area contributed by atoms with Gasteiger partial charge in [-0.15, -0.1) is 0 Å². The molecule has 8 nitrogen and oxygen atoms in total. The van der Waals surface area contributed by atoms with Gasteiger partial charge in [-0.05, 0) is 70.2 Å². The van der Waals surface area contributed by atoms with Gasteiger partial charge in [0.05, 0.1) is 18.1 Å². The van der Waals surface area contributed by atoms with Crippen LogP contribution < -0.4 is 10.5 Å². The van der Waals surface area contributed by atoms with Crippen molar-refractivity contribution in [3.05, 3.63) is 48.0 Å². The predicted molar refractivity (Wildman–Crippen MR) is 133 cm³/mol. The second-order valence-electron chi connectivity index (χ2n) is 9.34. The summed E-state index contributed by atoms with van der Waals surface area (Å²) in [5.41, 5.74) is 8.56. The Morgan fingerprint density at radius 2 is 1.88 bits per heavy atom. The van der Waals surface area contributed by atoms with Gasteiger partial charge >= 0.3 is 0 Å². The van der Waals surface area contributed by atoms with Crippen molar-refractivity contribution < 1.29 is 14.3 Å². The molecule has 0 unspecified atom stereocenters. The molecule has 4 rings (SSSR count). The summed E-state index contributed by atoms with van der Waals surface area (Å²) in [7, 11) is 7.60. The monoisotopic (exact) mass is 463 g/mol. The standard InChI is InChI=1S/C26H33N5O3/c1-29(2)11-6-12-30(3)26(33)19-13-20(14-19)31-23-16-17(24(27)32)9-10-22(23)28-25(31)18-7-5-8-21(15-18)34-4/h5,7-10,15-16,19-20H,6,11-14H2,1-4H3,(H2,27,32). The van der Waals surface area contributed by atoms with E-state index in [2.05, 4.69) is 9.47 Å². The molecule has 1 aliphatic carbocycles. The van der Waals surface area contributed by atoms with Crippen LogP contribution in [0.1, 0.15) is 35.7 Å². The zero-order chi connectivity index (χ0) is 24.4. The van der Waals surface area contributed by atoms with Gasteiger partial charge in [-0.2, -0.15) is 0 Å². The Morgan fingerprint density at radius 3 is 2.56 bits per heavy atom. The van der Waals surface area contributed by atoms with E-state index in [0.717, 1.165) is 60.5 Å². The highest BCUT2D eigenvalue weighted by Crippen LogP contribution is 2.43. The molecule has 1 aliphatic rings. The van der Waals surface area contributed by atoms with Crippen molar-refractivity contribution in [2.75, 3.05) is 41.3 Å². The van der Waals surface area contributed by atoms with E-state index < -0.39 is 5.91 Å². The zero-order valence-corrected chi connectivity index (χ0v) is 20.3. The number of aromatic nitrogens is 2. The van der Waals surface area contributed by atoms with E-state index in [9.17, 15) is 9.59 Å². The topological polar surface area (TPSA) is 93.7 Å². The zero-order valence-electron chi connectivity index (χ0n) is 20.3. The molecule has 0 atom stereocenters. The summed E-state index contributed by atoms with van der Waals surface area (Å²) >= 11 is 0. The predicted octanol–water partition coefficient (Wildman–Crippen LogP) is 3.17. The summed E-state index contributed by atoms with van der Waals surface area (Å²) in [5, 5.41) is 0. The van der Waals surface area contributed by atoms with Crippen molar-refractivity contribution in [1.82, 2.24) is 19.4 Å². The van der Waals surface area contributed by atoms with E-state index in [1.165, 1.54) is 0 Å². The van der Waals surface area contributed by atoms with E-state index in [1.54, 1.807) is 19.2 Å². The summed E-state index contributed by atoms with van der Waals surface area (Å²) in [5.74, 6) is 1.25. The largest absolute Gasteiger partial charge is 0.497 e. The molecule has 3 aromatic rings. The molecule has 8 heteroatoms. The van der Waals surface area contributed by atoms with Crippen molar-refractivity contribution >= 4 is 22.8 Å². The number of nitrogens with two attached hydrogens (primary N) is 1. The molecule has 1 fully saturated rings. The van der Waals surface area contributed by atoms with Gasteiger partial charge in [0, 0.05) is 36.7 Å². The van der Waals surface area contributed by atoms with Crippen LogP contribution in [-0.4, -0.2) is 72.5 Å². The second-order valence-corrected chi connectivity index (χ2v) is 9.34. The molecule has 0 spiro atoms. The number of methoxy groups -OCH3 is 1. The van der Waals surface area contributed by atoms with Crippen LogP contribution >= 0.6 is 0 Å². The Morgan fingerprint density at radius 1 is 1.12 bits per heavy atom. The first kappa shape index (κ1) is 23.8. The number of fused-ring (bicyclic) bond motifs is 1. The fourth-order valence-corrected chi connectivity index (χ4v) is 4.63. The number of carbonyl (C=O) groups is 2. The normalized spacial score (nSPS) is 17.6. The number of benzene rings is 2. The van der Waals surface area contributed by atoms with E-state index in [-0.39, 0.29) is 17.9 Å². The SMILES string of the molecule is COc1cccc(-c2nc3ccc(C(N)=O)cc3n2C2CC(C(=O)N(C)CCCN(C)C)C2)c1. The number of hydrogen-bond acceptors (Lipinski definition) is 5. The van der Waals surface area contributed by atoms with Crippen molar-refractivity contribution in [2.24, 2.45) is 11.7 Å². The van der Waals surface area contributed by atoms with Crippen LogP contribution in [0.3, 0.4) is 0 Å². The summed E-state index contributed by atoms with van der Waals surface area (Å²) < 4.78 is 7.57. The van der Waals surface area contributed by atoms with Gasteiger partial charge in [0.25, 0.3) is 0 Å². The number of rotatable bonds is 9. The van der Waals surface area contributed by atoms with Crippen LogP contribution in [0.15, 0.2) is 42.5 Å². The van der Waals surface area contributed by atoms with Gasteiger partial charge < -0.3 is 24.8 Å². The minimum atomic E-state index is -0.474. The maximum atomic E-state index is 13.0. The Hall–Kier alpha value is -3.39. The molecule has 180 valence electrons. The molecule has 1 aromatic heterocycles. The van der Waals surface area contributed by atoms with Crippen molar-refractivity contribution in [3.63, 3.8) is 0 Å². The summed E-state index contributed by atoms with van der Waals surface area (Å²) in [6.07, 6.45) is 2.42. The third-order valence-electron chi connectivity index (χ3n) is 6.60. The summed E-state index contributed by atoms with van der Waals surface area (Å²) in [6.45, 7) is 1.71. The minimum absolute atomic E-state index is 0.00992. The highest BCUT2D eigenvalue weighted by atomic mass is 16.5. The average molecular weight is 464 g/mol. The first-order chi connectivity index (χ1) is 16.3. The molecule has 1 heterocycles. The minimum Gasteiger partial charge on any atom is -0.497 e. The lowest BCUT2D eigenvalue weighted by atomic mass is 9.78. The molecule has 0 saturated heterocycles. The Bertz CT molecular complexity index is 1200. The average Bonchev–Trinajstić information content (AvgIpc) is 3.16. The molecule has 34 heavy (non-hydrogen) atoms. The third-order valence-corrected chi connectivity index (χ3v) is 6.60. The smallest absolute Gasteiger partial charge is 0.248 e. The highest BCUT2D eigenvalue weighted by Gasteiger charge is 2.38. The maximum absolute atomic E-state index is 13.0. The van der Waals surface area contributed by atoms with Crippen LogP contribution in [0.5, 0.6) is 5.75 Å². The van der Waals surface area contributed by atoms with Gasteiger partial charge in [-0.1, -0.05) is 12.1 Å². The lowest BCUT2D eigenvalue weighted by Gasteiger charge is -2.38. The molecule has 2 N–H and O–H groups in total. The first-order valence-corrected chi connectivity index (χ1v) is 11.6. The molecule has 1 saturated carbocycles. The van der Waals surface area contributed by atoms with Gasteiger partial charge in [-0.3, -0.25) is 9.59 Å². The summed E-state index contributed by atoms with van der Waals surface area (Å²) in [4.78, 5) is 33.7. The lowest BCUT2D eigenvalue weighted by Crippen LogP contribution is -2.41. The van der Waals surface area contributed by atoms with Gasteiger partial charge in [0.2, 0.25) is 11.8 Å². The summed E-state index contributed by atoms with van der Waals surface area (Å²) in [6, 6.07) is 13.2. The first-order valence-electron chi connectivity index (χ1n) is 11.6. The number of carbonyl (C=O) groups excluding carboxylic acids is 2. The van der Waals surface area contributed by atoms with Gasteiger partial charge in [0.15, 0.2) is 0 Å². The Balaban J connectivity index is 1.62. The van der Waals surface area contributed by atoms with Crippen molar-refractivity contribution in [3.8, 4) is 17.1 Å². The number of ether oxygens (including phenoxy) is 1. The van der Waals surface area contributed by atoms with E-state index in [4.69, 9.17) is 15.5 Å². The number of nitrogens with zero attached hydrogens (tertiary/aromatic N) is 4. The molecular weight excluding hydrogens is 430 g/mol. The molecule has 0 aliphatic heterocycles. The number of primary amides is 1. The third kappa shape index (κ3) is 4.77. The van der Waals surface area contributed by atoms with Crippen molar-refractivity contribution in [1.29, 1.82) is 0 Å². The fraction of sp³-hybridized carbons (Fsp3) is 0.423. The molecule has 2 amide bonds. The Kier molecular flexibility index (Phi) is 6.88. The maximum Gasteiger partial charge on any atom is 0.248 e. The quantitative estimate of drug-likeness (QED) is 0.526. The fourth-order valence-electron chi connectivity index (χ4n) is 4.63.